The van der Waals surface area contributed by atoms with E-state index >= 15 is 0 Å². The molecule has 0 aliphatic carbocycles. The Kier molecular flexibility index (Phi) is 4.11. The van der Waals surface area contributed by atoms with E-state index in [1.807, 2.05) is 13.0 Å². The van der Waals surface area contributed by atoms with Crippen molar-refractivity contribution in [1.82, 2.24) is 9.97 Å². The maximum absolute atomic E-state index is 12.0. The number of aryl methyl sites for hydroxylation is 1. The molecular weight excluding hydrogens is 308 g/mol. The van der Waals surface area contributed by atoms with E-state index in [0.29, 0.717) is 11.4 Å². The Labute approximate surface area is 119 Å². The van der Waals surface area contributed by atoms with Crippen molar-refractivity contribution in [3.63, 3.8) is 0 Å². The summed E-state index contributed by atoms with van der Waals surface area (Å²) < 4.78 is 0.878. The summed E-state index contributed by atoms with van der Waals surface area (Å²) in [6.45, 7) is 1.88. The van der Waals surface area contributed by atoms with Crippen molar-refractivity contribution in [2.45, 2.75) is 6.92 Å². The van der Waals surface area contributed by atoms with Gasteiger partial charge in [-0.2, -0.15) is 0 Å². The van der Waals surface area contributed by atoms with Crippen LogP contribution in [0.1, 0.15) is 15.9 Å². The first-order valence-electron chi connectivity index (χ1n) is 5.67. The second-order valence-electron chi connectivity index (χ2n) is 3.96. The minimum atomic E-state index is -0.229. The molecule has 5 nitrogen and oxygen atoms in total. The summed E-state index contributed by atoms with van der Waals surface area (Å²) in [5.41, 5.74) is 1.38. The number of pyridine rings is 2. The summed E-state index contributed by atoms with van der Waals surface area (Å²) in [6, 6.07) is 5.35. The Bertz CT molecular complexity index is 598. The highest BCUT2D eigenvalue weighted by Crippen LogP contribution is 2.17. The molecule has 0 fully saturated rings. The third kappa shape index (κ3) is 3.29. The Balaban J connectivity index is 2.15. The number of hydrogen-bond donors (Lipinski definition) is 2. The lowest BCUT2D eigenvalue weighted by Crippen LogP contribution is -2.14. The molecule has 0 radical (unpaired) electrons. The van der Waals surface area contributed by atoms with E-state index in [1.165, 1.54) is 6.20 Å². The normalized spacial score (nSPS) is 10.1. The molecule has 0 atom stereocenters. The number of nitrogens with one attached hydrogen (secondary N) is 2. The van der Waals surface area contributed by atoms with Crippen molar-refractivity contribution in [2.24, 2.45) is 0 Å². The number of aromatic nitrogens is 2. The maximum Gasteiger partial charge on any atom is 0.258 e. The van der Waals surface area contributed by atoms with E-state index in [2.05, 4.69) is 36.5 Å². The first-order chi connectivity index (χ1) is 9.10. The van der Waals surface area contributed by atoms with Gasteiger partial charge >= 0.3 is 0 Å². The van der Waals surface area contributed by atoms with E-state index in [9.17, 15) is 4.79 Å². The zero-order valence-electron chi connectivity index (χ0n) is 10.6. The highest BCUT2D eigenvalue weighted by Gasteiger charge is 2.09. The first-order valence-corrected chi connectivity index (χ1v) is 6.47. The van der Waals surface area contributed by atoms with E-state index in [0.717, 1.165) is 15.9 Å². The van der Waals surface area contributed by atoms with Crippen molar-refractivity contribution in [1.29, 1.82) is 0 Å². The Morgan fingerprint density at radius 3 is 2.63 bits per heavy atom. The quantitative estimate of drug-likeness (QED) is 0.912. The molecule has 98 valence electrons. The van der Waals surface area contributed by atoms with Crippen LogP contribution in [0.4, 0.5) is 11.6 Å². The monoisotopic (exact) mass is 320 g/mol. The average Bonchev–Trinajstić information content (AvgIpc) is 2.42. The highest BCUT2D eigenvalue weighted by molar-refractivity contribution is 9.10. The Morgan fingerprint density at radius 2 is 2.05 bits per heavy atom. The molecule has 2 aromatic rings. The second-order valence-corrected chi connectivity index (χ2v) is 4.87. The van der Waals surface area contributed by atoms with Gasteiger partial charge in [0.15, 0.2) is 0 Å². The number of carbonyl (C=O) groups excluding carboxylic acids is 1. The number of carbonyl (C=O) groups is 1. The fourth-order valence-electron chi connectivity index (χ4n) is 1.53. The predicted octanol–water partition coefficient (Wildman–Crippen LogP) is 2.84. The van der Waals surface area contributed by atoms with Gasteiger partial charge in [-0.15, -0.1) is 0 Å². The average molecular weight is 321 g/mol. The van der Waals surface area contributed by atoms with Gasteiger partial charge in [-0.1, -0.05) is 0 Å². The molecule has 0 bridgehead atoms. The summed E-state index contributed by atoms with van der Waals surface area (Å²) in [4.78, 5) is 20.3. The van der Waals surface area contributed by atoms with E-state index in [-0.39, 0.29) is 5.91 Å². The summed E-state index contributed by atoms with van der Waals surface area (Å²) in [6.07, 6.45) is 3.17. The van der Waals surface area contributed by atoms with Crippen molar-refractivity contribution < 1.29 is 4.79 Å². The van der Waals surface area contributed by atoms with E-state index in [4.69, 9.17) is 0 Å². The van der Waals surface area contributed by atoms with Gasteiger partial charge in [0.25, 0.3) is 5.91 Å². The van der Waals surface area contributed by atoms with Crippen LogP contribution in [0, 0.1) is 6.92 Å². The van der Waals surface area contributed by atoms with Gasteiger partial charge in [-0.3, -0.25) is 4.79 Å². The maximum atomic E-state index is 12.0. The zero-order valence-corrected chi connectivity index (χ0v) is 12.2. The first kappa shape index (κ1) is 13.5. The summed E-state index contributed by atoms with van der Waals surface area (Å²) in [5.74, 6) is 1.04. The van der Waals surface area contributed by atoms with Crippen LogP contribution >= 0.6 is 15.9 Å². The number of halogens is 1. The number of amides is 1. The summed E-state index contributed by atoms with van der Waals surface area (Å²) in [7, 11) is 1.77. The molecule has 0 unspecified atom stereocenters. The minimum Gasteiger partial charge on any atom is -0.373 e. The molecule has 19 heavy (non-hydrogen) atoms. The number of anilines is 2. The van der Waals surface area contributed by atoms with Gasteiger partial charge in [0, 0.05) is 23.9 Å². The minimum absolute atomic E-state index is 0.229. The smallest absolute Gasteiger partial charge is 0.258 e. The Morgan fingerprint density at radius 1 is 1.26 bits per heavy atom. The van der Waals surface area contributed by atoms with Crippen LogP contribution in [-0.4, -0.2) is 22.9 Å². The largest absolute Gasteiger partial charge is 0.373 e. The third-order valence-corrected chi connectivity index (χ3v) is 2.99. The zero-order chi connectivity index (χ0) is 13.8. The molecule has 0 saturated heterocycles. The molecule has 0 aromatic carbocycles. The topological polar surface area (TPSA) is 66.9 Å². The van der Waals surface area contributed by atoms with E-state index < -0.39 is 0 Å². The lowest BCUT2D eigenvalue weighted by Gasteiger charge is -2.07. The lowest BCUT2D eigenvalue weighted by atomic mass is 10.2. The van der Waals surface area contributed by atoms with Gasteiger partial charge in [-0.25, -0.2) is 9.97 Å². The van der Waals surface area contributed by atoms with Crippen LogP contribution in [0.5, 0.6) is 0 Å². The SMILES string of the molecule is CNc1ccc(C(=O)Nc2ncc(Br)cc2C)cn1. The second kappa shape index (κ2) is 5.79. The van der Waals surface area contributed by atoms with Crippen LogP contribution in [0.15, 0.2) is 35.1 Å². The highest BCUT2D eigenvalue weighted by atomic mass is 79.9. The van der Waals surface area contributed by atoms with Crippen molar-refractivity contribution in [3.8, 4) is 0 Å². The van der Waals surface area contributed by atoms with Crippen LogP contribution in [0.3, 0.4) is 0 Å². The summed E-state index contributed by atoms with van der Waals surface area (Å²) in [5, 5.41) is 5.66. The van der Waals surface area contributed by atoms with Gasteiger partial charge in [-0.05, 0) is 46.6 Å². The fourth-order valence-corrected chi connectivity index (χ4v) is 1.97. The van der Waals surface area contributed by atoms with Crippen LogP contribution in [0.2, 0.25) is 0 Å². The van der Waals surface area contributed by atoms with Gasteiger partial charge in [0.1, 0.15) is 11.6 Å². The molecule has 0 saturated carbocycles. The molecule has 6 heteroatoms. The Hall–Kier alpha value is -1.95. The number of rotatable bonds is 3. The predicted molar refractivity (Wildman–Crippen MR) is 78.4 cm³/mol. The van der Waals surface area contributed by atoms with Gasteiger partial charge in [0.2, 0.25) is 0 Å². The molecule has 2 rings (SSSR count). The number of nitrogens with zero attached hydrogens (tertiary/aromatic N) is 2. The molecule has 2 aromatic heterocycles. The van der Waals surface area contributed by atoms with Gasteiger partial charge < -0.3 is 10.6 Å². The summed E-state index contributed by atoms with van der Waals surface area (Å²) >= 11 is 3.33. The molecule has 0 aliphatic heterocycles. The van der Waals surface area contributed by atoms with Gasteiger partial charge in [0.05, 0.1) is 5.56 Å². The van der Waals surface area contributed by atoms with Crippen LogP contribution < -0.4 is 10.6 Å². The van der Waals surface area contributed by atoms with Crippen molar-refractivity contribution in [3.05, 3.63) is 46.2 Å². The molecular formula is C13H13BrN4O. The lowest BCUT2D eigenvalue weighted by molar-refractivity contribution is 0.102. The standard InChI is InChI=1S/C13H13BrN4O/c1-8-5-10(14)7-17-12(8)18-13(19)9-3-4-11(15-2)16-6-9/h3-7H,1-2H3,(H,15,16)(H,17,18,19). The fraction of sp³-hybridized carbons (Fsp3) is 0.154. The van der Waals surface area contributed by atoms with Crippen LogP contribution in [-0.2, 0) is 0 Å². The van der Waals surface area contributed by atoms with Crippen molar-refractivity contribution >= 4 is 33.5 Å². The van der Waals surface area contributed by atoms with Crippen molar-refractivity contribution in [2.75, 3.05) is 17.7 Å². The molecule has 2 heterocycles. The molecule has 2 N–H and O–H groups in total. The van der Waals surface area contributed by atoms with Crippen LogP contribution in [0.25, 0.3) is 0 Å². The molecule has 0 aliphatic rings. The van der Waals surface area contributed by atoms with E-state index in [1.54, 1.807) is 25.4 Å². The molecule has 0 spiro atoms. The third-order valence-electron chi connectivity index (χ3n) is 2.56. The number of hydrogen-bond acceptors (Lipinski definition) is 4. The molecule has 1 amide bonds.